The third kappa shape index (κ3) is 3.20. The van der Waals surface area contributed by atoms with Gasteiger partial charge in [0.2, 0.25) is 0 Å². The van der Waals surface area contributed by atoms with Crippen LogP contribution in [0.25, 0.3) is 34.3 Å². The Morgan fingerprint density at radius 1 is 0.800 bits per heavy atom. The Hall–Kier alpha value is -3.26. The second-order valence-electron chi connectivity index (χ2n) is 5.95. The highest BCUT2D eigenvalue weighted by molar-refractivity contribution is 5.87. The lowest BCUT2D eigenvalue weighted by molar-refractivity contribution is 0.415. The number of rotatable bonds is 4. The van der Waals surface area contributed by atoms with Crippen molar-refractivity contribution in [3.05, 3.63) is 90.6 Å². The molecular formula is C23H19NO. The third-order valence-corrected chi connectivity index (χ3v) is 4.37. The molecule has 2 heteroatoms. The van der Waals surface area contributed by atoms with E-state index in [-0.39, 0.29) is 0 Å². The van der Waals surface area contributed by atoms with Gasteiger partial charge in [-0.2, -0.15) is 0 Å². The molecule has 4 rings (SSSR count). The first-order valence-corrected chi connectivity index (χ1v) is 8.32. The van der Waals surface area contributed by atoms with Crippen LogP contribution in [0.4, 0.5) is 0 Å². The highest BCUT2D eigenvalue weighted by Gasteiger charge is 2.03. The summed E-state index contributed by atoms with van der Waals surface area (Å²) in [5.74, 6) is 0.877. The van der Waals surface area contributed by atoms with Crippen LogP contribution < -0.4 is 4.74 Å². The normalized spacial score (nSPS) is 11.2. The van der Waals surface area contributed by atoms with E-state index in [1.54, 1.807) is 7.11 Å². The average Bonchev–Trinajstić information content (AvgIpc) is 3.09. The van der Waals surface area contributed by atoms with Gasteiger partial charge in [0.05, 0.1) is 12.6 Å². The summed E-state index contributed by atoms with van der Waals surface area (Å²) in [5.41, 5.74) is 4.79. The summed E-state index contributed by atoms with van der Waals surface area (Å²) >= 11 is 0. The fraction of sp³-hybridized carbons (Fsp3) is 0.0435. The molecule has 0 fully saturated rings. The van der Waals surface area contributed by atoms with Crippen LogP contribution in [0.5, 0.6) is 5.75 Å². The van der Waals surface area contributed by atoms with E-state index >= 15 is 0 Å². The molecule has 3 aromatic carbocycles. The van der Waals surface area contributed by atoms with Crippen LogP contribution in [-0.2, 0) is 0 Å². The molecule has 122 valence electrons. The van der Waals surface area contributed by atoms with Crippen molar-refractivity contribution in [1.29, 1.82) is 0 Å². The summed E-state index contributed by atoms with van der Waals surface area (Å²) in [6.07, 6.45) is 6.32. The molecule has 0 spiro atoms. The second kappa shape index (κ2) is 6.70. The number of methoxy groups -OCH3 is 1. The highest BCUT2D eigenvalue weighted by Crippen LogP contribution is 2.27. The van der Waals surface area contributed by atoms with E-state index in [0.29, 0.717) is 0 Å². The van der Waals surface area contributed by atoms with Crippen molar-refractivity contribution < 1.29 is 4.74 Å². The lowest BCUT2D eigenvalue weighted by atomic mass is 10.0. The highest BCUT2D eigenvalue weighted by atomic mass is 16.5. The predicted molar refractivity (Wildman–Crippen MR) is 106 cm³/mol. The van der Waals surface area contributed by atoms with Crippen LogP contribution in [0.1, 0.15) is 5.56 Å². The molecule has 0 N–H and O–H groups in total. The first kappa shape index (κ1) is 15.3. The molecule has 0 unspecified atom stereocenters. The molecule has 1 heterocycles. The molecule has 0 atom stereocenters. The van der Waals surface area contributed by atoms with Crippen molar-refractivity contribution >= 4 is 23.2 Å². The van der Waals surface area contributed by atoms with Gasteiger partial charge in [-0.15, -0.1) is 0 Å². The Kier molecular flexibility index (Phi) is 4.09. The molecule has 4 aromatic rings. The summed E-state index contributed by atoms with van der Waals surface area (Å²) < 4.78 is 7.38. The maximum Gasteiger partial charge on any atom is 0.118 e. The van der Waals surface area contributed by atoms with Gasteiger partial charge in [0.15, 0.2) is 0 Å². The molecular weight excluding hydrogens is 306 g/mol. The Labute approximate surface area is 147 Å². The van der Waals surface area contributed by atoms with Crippen molar-refractivity contribution in [2.45, 2.75) is 0 Å². The number of hydrogen-bond acceptors (Lipinski definition) is 1. The van der Waals surface area contributed by atoms with Crippen LogP contribution in [0.15, 0.2) is 85.1 Å². The largest absolute Gasteiger partial charge is 0.497 e. The number of fused-ring (bicyclic) bond motifs is 1. The zero-order valence-corrected chi connectivity index (χ0v) is 14.1. The molecule has 0 aliphatic rings. The average molecular weight is 325 g/mol. The summed E-state index contributed by atoms with van der Waals surface area (Å²) in [6.45, 7) is 0. The van der Waals surface area contributed by atoms with Crippen LogP contribution in [0.2, 0.25) is 0 Å². The van der Waals surface area contributed by atoms with Gasteiger partial charge in [-0.25, -0.2) is 0 Å². The Morgan fingerprint density at radius 2 is 1.56 bits per heavy atom. The van der Waals surface area contributed by atoms with Gasteiger partial charge < -0.3 is 9.30 Å². The summed E-state index contributed by atoms with van der Waals surface area (Å²) in [5, 5.41) is 1.23. The van der Waals surface area contributed by atoms with Gasteiger partial charge in [-0.05, 0) is 53.1 Å². The number of ether oxygens (including phenoxy) is 1. The number of benzene rings is 3. The van der Waals surface area contributed by atoms with E-state index in [1.807, 2.05) is 18.2 Å². The minimum absolute atomic E-state index is 0.877. The van der Waals surface area contributed by atoms with Gasteiger partial charge in [-0.1, -0.05) is 48.5 Å². The zero-order valence-electron chi connectivity index (χ0n) is 14.1. The Balaban J connectivity index is 1.65. The second-order valence-corrected chi connectivity index (χ2v) is 5.95. The smallest absolute Gasteiger partial charge is 0.118 e. The molecule has 1 aromatic heterocycles. The Morgan fingerprint density at radius 3 is 2.32 bits per heavy atom. The lowest BCUT2D eigenvalue weighted by Gasteiger charge is -2.05. The number of nitrogens with zero attached hydrogens (tertiary/aromatic N) is 1. The molecule has 0 aliphatic carbocycles. The molecule has 0 saturated carbocycles. The van der Waals surface area contributed by atoms with Gasteiger partial charge in [0.1, 0.15) is 5.75 Å². The Bertz CT molecular complexity index is 1010. The molecule has 0 radical (unpaired) electrons. The molecule has 2 nitrogen and oxygen atoms in total. The van der Waals surface area contributed by atoms with Crippen molar-refractivity contribution in [2.75, 3.05) is 7.11 Å². The number of aromatic nitrogens is 1. The van der Waals surface area contributed by atoms with E-state index in [2.05, 4.69) is 83.7 Å². The summed E-state index contributed by atoms with van der Waals surface area (Å²) in [7, 11) is 1.69. The molecule has 0 bridgehead atoms. The van der Waals surface area contributed by atoms with E-state index in [4.69, 9.17) is 4.74 Å². The summed E-state index contributed by atoms with van der Waals surface area (Å²) in [6, 6.07) is 27.2. The van der Waals surface area contributed by atoms with Gasteiger partial charge in [0, 0.05) is 17.8 Å². The van der Waals surface area contributed by atoms with Crippen LogP contribution in [-0.4, -0.2) is 11.7 Å². The minimum atomic E-state index is 0.877. The van der Waals surface area contributed by atoms with E-state index in [1.165, 1.54) is 27.6 Å². The molecule has 0 amide bonds. The molecule has 25 heavy (non-hydrogen) atoms. The van der Waals surface area contributed by atoms with Gasteiger partial charge in [-0.3, -0.25) is 0 Å². The maximum absolute atomic E-state index is 5.23. The zero-order chi connectivity index (χ0) is 17.1. The van der Waals surface area contributed by atoms with Crippen molar-refractivity contribution in [2.24, 2.45) is 0 Å². The van der Waals surface area contributed by atoms with E-state index in [9.17, 15) is 0 Å². The molecule has 0 saturated heterocycles. The monoisotopic (exact) mass is 325 g/mol. The standard InChI is InChI=1S/C23H19NO/c1-25-22-10-7-19(8-11-22)20-9-12-23-21(17-20)14-16-24(23)15-13-18-5-3-2-4-6-18/h2-17H,1H3/b15-13-. The van der Waals surface area contributed by atoms with Crippen molar-refractivity contribution in [1.82, 2.24) is 4.57 Å². The SMILES string of the molecule is COc1ccc(-c2ccc3c(ccn3/C=C\c3ccccc3)c2)cc1. The van der Waals surface area contributed by atoms with Gasteiger partial charge >= 0.3 is 0 Å². The fourth-order valence-corrected chi connectivity index (χ4v) is 2.99. The van der Waals surface area contributed by atoms with E-state index < -0.39 is 0 Å². The maximum atomic E-state index is 5.23. The lowest BCUT2D eigenvalue weighted by Crippen LogP contribution is -1.85. The quantitative estimate of drug-likeness (QED) is 0.452. The third-order valence-electron chi connectivity index (χ3n) is 4.37. The summed E-state index contributed by atoms with van der Waals surface area (Å²) in [4.78, 5) is 0. The predicted octanol–water partition coefficient (Wildman–Crippen LogP) is 5.94. The fourth-order valence-electron chi connectivity index (χ4n) is 2.99. The first-order chi connectivity index (χ1) is 12.3. The topological polar surface area (TPSA) is 14.2 Å². The van der Waals surface area contributed by atoms with Crippen molar-refractivity contribution in [3.8, 4) is 16.9 Å². The van der Waals surface area contributed by atoms with Crippen molar-refractivity contribution in [3.63, 3.8) is 0 Å². The molecule has 0 aliphatic heterocycles. The van der Waals surface area contributed by atoms with Gasteiger partial charge in [0.25, 0.3) is 0 Å². The van der Waals surface area contributed by atoms with E-state index in [0.717, 1.165) is 5.75 Å². The van der Waals surface area contributed by atoms with Crippen LogP contribution >= 0.6 is 0 Å². The minimum Gasteiger partial charge on any atom is -0.497 e. The van der Waals surface area contributed by atoms with Crippen LogP contribution in [0.3, 0.4) is 0 Å². The number of hydrogen-bond donors (Lipinski definition) is 0. The first-order valence-electron chi connectivity index (χ1n) is 8.32. The van der Waals surface area contributed by atoms with Crippen LogP contribution in [0, 0.1) is 0 Å².